The molecule has 0 unspecified atom stereocenters. The lowest BCUT2D eigenvalue weighted by Crippen LogP contribution is -2.40. The maximum absolute atomic E-state index is 15.0. The number of benzene rings is 6. The van der Waals surface area contributed by atoms with E-state index in [9.17, 15) is 65.3 Å². The summed E-state index contributed by atoms with van der Waals surface area (Å²) in [6.45, 7) is -8.00. The number of nitrogens with zero attached hydrogens (tertiary/aromatic N) is 8. The van der Waals surface area contributed by atoms with Gasteiger partial charge in [0.15, 0.2) is 10.3 Å². The SMILES string of the molecule is [2H]c1c([2H])c(-c2ccc(C(F)(F)F)cc2)c(C)c([2H])c1CN(C(=O)C([2H])([2H])n1c(SC([2H])([2H])c2ccc(F)cc2)nc(=O)c2c1CCC2)C([2H])([2H])C([2H])([2H])N(CC)CC.[2H]c1c([2H])c(C([2H])([2H])N(CCN(CC)CC)C(=O)C([2H])([2H])n2c(SC([2H])([2H])c3ccc(F)cc3)nc(=O)c3c2CCC3)c([2H])c(C)c1-c1ccc(C(F)(F)F)cc1. The monoisotopic (exact) mass is 1380 g/mol. The highest BCUT2D eigenvalue weighted by molar-refractivity contribution is 7.98. The smallest absolute Gasteiger partial charge is 0.336 e. The highest BCUT2D eigenvalue weighted by Gasteiger charge is 2.32. The van der Waals surface area contributed by atoms with Crippen LogP contribution in [0.5, 0.6) is 0 Å². The number of hydrogen-bond donors (Lipinski definition) is 0. The first kappa shape index (κ1) is 49.6. The number of aromatic nitrogens is 4. The van der Waals surface area contributed by atoms with Crippen molar-refractivity contribution in [3.05, 3.63) is 233 Å². The molecule has 96 heavy (non-hydrogen) atoms. The van der Waals surface area contributed by atoms with Crippen LogP contribution < -0.4 is 11.1 Å². The summed E-state index contributed by atoms with van der Waals surface area (Å²) in [5, 5.41) is -1.17. The molecule has 508 valence electrons. The summed E-state index contributed by atoms with van der Waals surface area (Å²) in [4.78, 5) is 67.7. The molecule has 0 saturated carbocycles. The van der Waals surface area contributed by atoms with E-state index in [1.807, 2.05) is 18.7 Å². The van der Waals surface area contributed by atoms with Crippen LogP contribution in [0.15, 0.2) is 153 Å². The van der Waals surface area contributed by atoms with Crippen molar-refractivity contribution in [1.29, 1.82) is 0 Å². The van der Waals surface area contributed by atoms with Gasteiger partial charge >= 0.3 is 12.4 Å². The third-order valence-electron chi connectivity index (χ3n) is 15.6. The summed E-state index contributed by atoms with van der Waals surface area (Å²) < 4.78 is 290. The molecule has 2 heterocycles. The fraction of sp³-hybridized carbons (Fsp3) is 0.378. The first-order valence-electron chi connectivity index (χ1n) is 40.6. The van der Waals surface area contributed by atoms with Crippen molar-refractivity contribution in [1.82, 2.24) is 38.7 Å². The number of carbonyl (C=O) groups excluding carboxylic acids is 2. The highest BCUT2D eigenvalue weighted by atomic mass is 32.2. The minimum absolute atomic E-state index is 0.000591. The number of halogens is 8. The molecule has 8 aromatic rings. The third-order valence-corrected chi connectivity index (χ3v) is 17.2. The Bertz CT molecular complexity index is 5100. The molecule has 0 N–H and O–H groups in total. The molecule has 2 aromatic heterocycles. The molecule has 0 spiro atoms. The van der Waals surface area contributed by atoms with E-state index in [0.29, 0.717) is 47.2 Å². The van der Waals surface area contributed by atoms with Crippen LogP contribution in [0.1, 0.15) is 135 Å². The van der Waals surface area contributed by atoms with E-state index in [1.54, 1.807) is 0 Å². The largest absolute Gasteiger partial charge is 0.416 e. The van der Waals surface area contributed by atoms with Gasteiger partial charge in [0.1, 0.15) is 24.6 Å². The molecule has 2 aliphatic rings. The number of fused-ring (bicyclic) bond motifs is 2. The molecule has 6 aromatic carbocycles. The number of thioether (sulfide) groups is 2. The molecule has 22 heteroatoms. The minimum Gasteiger partial charge on any atom is -0.336 e. The second-order valence-corrected chi connectivity index (χ2v) is 23.5. The van der Waals surface area contributed by atoms with Crippen molar-refractivity contribution in [3.8, 4) is 22.3 Å². The Morgan fingerprint density at radius 3 is 1.38 bits per heavy atom. The van der Waals surface area contributed by atoms with Crippen molar-refractivity contribution >= 4 is 35.3 Å². The Kier molecular flexibility index (Phi) is 17.0. The van der Waals surface area contributed by atoms with Crippen molar-refractivity contribution in [2.75, 3.05) is 52.3 Å². The maximum Gasteiger partial charge on any atom is 0.416 e. The van der Waals surface area contributed by atoms with Crippen LogP contribution in [0.4, 0.5) is 35.1 Å². The Hall–Kier alpha value is -7.92. The van der Waals surface area contributed by atoms with Crippen LogP contribution in [-0.2, 0) is 85.1 Å². The van der Waals surface area contributed by atoms with Gasteiger partial charge in [0.2, 0.25) is 11.8 Å². The fourth-order valence-corrected chi connectivity index (χ4v) is 11.8. The number of likely N-dealkylation sites (N-methyl/N-ethyl adjacent to an activating group) is 2. The van der Waals surface area contributed by atoms with Crippen molar-refractivity contribution < 1.29 is 72.1 Å². The number of rotatable bonds is 26. The quantitative estimate of drug-likeness (QED) is 0.0295. The number of carbonyl (C=O) groups is 2. The molecule has 0 aliphatic heterocycles. The van der Waals surface area contributed by atoms with Gasteiger partial charge in [-0.15, -0.1) is 0 Å². The summed E-state index contributed by atoms with van der Waals surface area (Å²) in [6, 6.07) is 12.0. The summed E-state index contributed by atoms with van der Waals surface area (Å²) in [7, 11) is 0. The summed E-state index contributed by atoms with van der Waals surface area (Å²) in [6.07, 6.45) is -8.21. The van der Waals surface area contributed by atoms with Gasteiger partial charge in [-0.3, -0.25) is 19.2 Å². The van der Waals surface area contributed by atoms with Gasteiger partial charge in [-0.2, -0.15) is 36.3 Å². The first-order chi connectivity index (χ1) is 53.7. The molecular formula is C74H80F8N8O4S2. The predicted octanol–water partition coefficient (Wildman–Crippen LogP) is 15.1. The van der Waals surface area contributed by atoms with Gasteiger partial charge in [0.05, 0.1) is 30.3 Å². The highest BCUT2D eigenvalue weighted by Crippen LogP contribution is 2.35. The Morgan fingerprint density at radius 2 is 0.948 bits per heavy atom. The van der Waals surface area contributed by atoms with Crippen molar-refractivity contribution in [2.24, 2.45) is 0 Å². The topological polar surface area (TPSA) is 117 Å². The lowest BCUT2D eigenvalue weighted by Gasteiger charge is -2.28. The van der Waals surface area contributed by atoms with Crippen LogP contribution in [0.3, 0.4) is 0 Å². The van der Waals surface area contributed by atoms with Crippen LogP contribution in [0.25, 0.3) is 22.3 Å². The maximum atomic E-state index is 15.0. The van der Waals surface area contributed by atoms with Gasteiger partial charge in [0.25, 0.3) is 11.1 Å². The molecule has 2 amide bonds. The van der Waals surface area contributed by atoms with Crippen LogP contribution >= 0.6 is 23.5 Å². The third kappa shape index (κ3) is 18.8. The van der Waals surface area contributed by atoms with E-state index in [1.165, 1.54) is 39.8 Å². The van der Waals surface area contributed by atoms with Gasteiger partial charge < -0.3 is 28.7 Å². The van der Waals surface area contributed by atoms with Crippen molar-refractivity contribution in [3.63, 3.8) is 0 Å². The second-order valence-electron chi connectivity index (χ2n) is 21.9. The zero-order chi connectivity index (χ0) is 86.6. The zero-order valence-electron chi connectivity index (χ0n) is 73.0. The molecule has 2 aliphatic carbocycles. The average molecular weight is 1380 g/mol. The van der Waals surface area contributed by atoms with E-state index >= 15 is 0 Å². The summed E-state index contributed by atoms with van der Waals surface area (Å²) in [5.41, 5.74) is -9.92. The second kappa shape index (κ2) is 32.9. The number of amides is 2. The standard InChI is InChI=1S/2C37H40F4N4O2S/c2*1-4-43(5-2)19-20-44(22-27-11-18-31(25(3)21-27)28-12-14-29(15-13-28)37(39,40)41)34(46)23-45-33-8-6-7-32(33)35(47)42-36(45)48-24-26-9-16-30(38)17-10-26/h2*9-18,21H,4-8,19-20,22-24H2,1-3H3/i11D,18D,19D2,20D2,21D,23D2,24D2;11D,18D,21D,22D2,23D2,24D2. The first-order valence-corrected chi connectivity index (χ1v) is 32.2. The lowest BCUT2D eigenvalue weighted by atomic mass is 9.97. The van der Waals surface area contributed by atoms with Gasteiger partial charge in [-0.05, 0) is 183 Å². The van der Waals surface area contributed by atoms with E-state index < -0.39 is 173 Å². The molecule has 10 rings (SSSR count). The number of hydrogen-bond acceptors (Lipinski definition) is 10. The van der Waals surface area contributed by atoms with E-state index in [4.69, 9.17) is 16.4 Å². The molecule has 0 atom stereocenters. The van der Waals surface area contributed by atoms with E-state index in [2.05, 4.69) is 9.97 Å². The summed E-state index contributed by atoms with van der Waals surface area (Å²) in [5.74, 6) is -4.59. The van der Waals surface area contributed by atoms with Gasteiger partial charge in [0, 0.05) is 81.3 Å². The van der Waals surface area contributed by atoms with Crippen LogP contribution in [0, 0.1) is 25.5 Å². The Balaban J connectivity index is 0.000000265. The fourth-order valence-electron chi connectivity index (χ4n) is 10.3. The molecule has 0 fully saturated rings. The lowest BCUT2D eigenvalue weighted by molar-refractivity contribution is -0.138. The molecule has 0 saturated heterocycles. The van der Waals surface area contributed by atoms with E-state index in [-0.39, 0.29) is 129 Å². The minimum atomic E-state index is -4.67. The summed E-state index contributed by atoms with van der Waals surface area (Å²) >= 11 is 0.546. The zero-order valence-corrected chi connectivity index (χ0v) is 54.6. The van der Waals surface area contributed by atoms with Gasteiger partial charge in [-0.25, -0.2) is 8.78 Å². The van der Waals surface area contributed by atoms with Crippen LogP contribution in [-0.4, -0.2) is 103 Å². The molecule has 0 radical (unpaired) electrons. The van der Waals surface area contributed by atoms with Gasteiger partial charge in [-0.1, -0.05) is 136 Å². The Labute approximate surface area is 591 Å². The van der Waals surface area contributed by atoms with Crippen LogP contribution in [0.2, 0.25) is 0 Å². The molecule has 12 nitrogen and oxygen atoms in total. The molecule has 0 bridgehead atoms. The Morgan fingerprint density at radius 1 is 0.531 bits per heavy atom. The molecular weight excluding hydrogens is 1280 g/mol. The van der Waals surface area contributed by atoms with E-state index in [0.717, 1.165) is 94.4 Å². The predicted molar refractivity (Wildman–Crippen MR) is 363 cm³/mol. The average Bonchev–Trinajstić information content (AvgIpc) is 1.12. The normalized spacial score (nSPS) is 16.9. The number of alkyl halides is 6. The van der Waals surface area contributed by atoms with Crippen molar-refractivity contribution in [2.45, 2.75) is 140 Å².